The van der Waals surface area contributed by atoms with Gasteiger partial charge in [0.05, 0.1) is 15.4 Å². The van der Waals surface area contributed by atoms with Crippen LogP contribution in [0.25, 0.3) is 0 Å². The highest BCUT2D eigenvalue weighted by atomic mass is 16.6. The fourth-order valence-corrected chi connectivity index (χ4v) is 1.50. The van der Waals surface area contributed by atoms with Crippen molar-refractivity contribution in [1.29, 1.82) is 0 Å². The molecule has 0 unspecified atom stereocenters. The Morgan fingerprint density at radius 2 is 1.70 bits per heavy atom. The Bertz CT molecular complexity index is 523. The maximum Gasteiger partial charge on any atom is 0.336 e. The molecule has 0 amide bonds. The lowest BCUT2D eigenvalue weighted by atomic mass is 10.1. The number of nitrogens with one attached hydrogen (secondary N) is 1. The standard InChI is InChI=1S/C10H11N3O7/c14-3-1-2-11-9-7(12(17)18)4-6(10(15)16)5-8(9)13(19)20/h4-5,11,14H,1-3H2,(H,15,16). The Hall–Kier alpha value is -2.75. The Balaban J connectivity index is 3.39. The van der Waals surface area contributed by atoms with Crippen LogP contribution < -0.4 is 5.32 Å². The molecule has 20 heavy (non-hydrogen) atoms. The molecule has 0 aliphatic rings. The number of rotatable bonds is 7. The third kappa shape index (κ3) is 3.38. The minimum atomic E-state index is -1.50. The van der Waals surface area contributed by atoms with E-state index in [0.717, 1.165) is 12.1 Å². The van der Waals surface area contributed by atoms with Gasteiger partial charge in [0.15, 0.2) is 5.69 Å². The fraction of sp³-hybridized carbons (Fsp3) is 0.300. The van der Waals surface area contributed by atoms with Gasteiger partial charge in [-0.3, -0.25) is 20.2 Å². The van der Waals surface area contributed by atoms with Crippen molar-refractivity contribution in [2.45, 2.75) is 6.42 Å². The molecule has 3 N–H and O–H groups in total. The number of nitrogens with zero attached hydrogens (tertiary/aromatic N) is 2. The van der Waals surface area contributed by atoms with Crippen molar-refractivity contribution < 1.29 is 24.9 Å². The first-order valence-electron chi connectivity index (χ1n) is 5.43. The Labute approximate surface area is 111 Å². The summed E-state index contributed by atoms with van der Waals surface area (Å²) in [5.74, 6) is -1.50. The Kier molecular flexibility index (Phi) is 4.92. The molecule has 1 rings (SSSR count). The van der Waals surface area contributed by atoms with E-state index in [4.69, 9.17) is 10.2 Å². The summed E-state index contributed by atoms with van der Waals surface area (Å²) < 4.78 is 0. The molecule has 0 heterocycles. The summed E-state index contributed by atoms with van der Waals surface area (Å²) in [4.78, 5) is 30.8. The molecule has 10 heteroatoms. The topological polar surface area (TPSA) is 156 Å². The number of carboxylic acid groups (broad SMARTS) is 1. The van der Waals surface area contributed by atoms with E-state index < -0.39 is 32.8 Å². The molecule has 108 valence electrons. The third-order valence-electron chi connectivity index (χ3n) is 2.37. The highest BCUT2D eigenvalue weighted by Crippen LogP contribution is 2.35. The average molecular weight is 285 g/mol. The molecule has 0 atom stereocenters. The van der Waals surface area contributed by atoms with Gasteiger partial charge in [-0.2, -0.15) is 0 Å². The second-order valence-electron chi connectivity index (χ2n) is 3.71. The first kappa shape index (κ1) is 15.3. The lowest BCUT2D eigenvalue weighted by Gasteiger charge is -2.08. The van der Waals surface area contributed by atoms with E-state index >= 15 is 0 Å². The number of hydrogen-bond acceptors (Lipinski definition) is 7. The van der Waals surface area contributed by atoms with E-state index in [0.29, 0.717) is 0 Å². The first-order chi connectivity index (χ1) is 9.38. The smallest absolute Gasteiger partial charge is 0.336 e. The normalized spacial score (nSPS) is 10.1. The molecule has 0 saturated heterocycles. The van der Waals surface area contributed by atoms with Gasteiger partial charge >= 0.3 is 5.97 Å². The molecule has 0 aromatic heterocycles. The van der Waals surface area contributed by atoms with Crippen LogP contribution in [0.2, 0.25) is 0 Å². The zero-order valence-electron chi connectivity index (χ0n) is 10.1. The molecular weight excluding hydrogens is 274 g/mol. The van der Waals surface area contributed by atoms with E-state index in [-0.39, 0.29) is 25.3 Å². The number of aliphatic hydroxyl groups is 1. The second-order valence-corrected chi connectivity index (χ2v) is 3.71. The molecule has 10 nitrogen and oxygen atoms in total. The lowest BCUT2D eigenvalue weighted by molar-refractivity contribution is -0.392. The van der Waals surface area contributed by atoms with Crippen LogP contribution >= 0.6 is 0 Å². The highest BCUT2D eigenvalue weighted by Gasteiger charge is 2.28. The Morgan fingerprint density at radius 1 is 1.20 bits per heavy atom. The van der Waals surface area contributed by atoms with Gasteiger partial charge in [0.25, 0.3) is 11.4 Å². The summed E-state index contributed by atoms with van der Waals surface area (Å²) in [7, 11) is 0. The lowest BCUT2D eigenvalue weighted by Crippen LogP contribution is -2.10. The van der Waals surface area contributed by atoms with Crippen molar-refractivity contribution in [1.82, 2.24) is 0 Å². The van der Waals surface area contributed by atoms with Crippen molar-refractivity contribution in [2.75, 3.05) is 18.5 Å². The zero-order valence-corrected chi connectivity index (χ0v) is 10.1. The molecular formula is C10H11N3O7. The molecule has 1 aromatic carbocycles. The summed E-state index contributed by atoms with van der Waals surface area (Å²) in [6.07, 6.45) is 0.231. The van der Waals surface area contributed by atoms with Crippen molar-refractivity contribution >= 4 is 23.0 Å². The van der Waals surface area contributed by atoms with Crippen molar-refractivity contribution in [2.24, 2.45) is 0 Å². The second kappa shape index (κ2) is 6.43. The quantitative estimate of drug-likeness (QED) is 0.380. The van der Waals surface area contributed by atoms with E-state index in [1.807, 2.05) is 0 Å². The Morgan fingerprint density at radius 3 is 2.05 bits per heavy atom. The van der Waals surface area contributed by atoms with Gasteiger partial charge in [-0.05, 0) is 6.42 Å². The number of aliphatic hydroxyl groups excluding tert-OH is 1. The number of hydrogen-bond donors (Lipinski definition) is 3. The van der Waals surface area contributed by atoms with E-state index in [2.05, 4.69) is 5.32 Å². The molecule has 0 saturated carbocycles. The molecule has 1 aromatic rings. The van der Waals surface area contributed by atoms with Gasteiger partial charge in [-0.25, -0.2) is 4.79 Å². The van der Waals surface area contributed by atoms with Gasteiger partial charge in [0.1, 0.15) is 0 Å². The maximum atomic E-state index is 10.9. The van der Waals surface area contributed by atoms with Gasteiger partial charge in [0, 0.05) is 25.3 Å². The van der Waals surface area contributed by atoms with Gasteiger partial charge in [0.2, 0.25) is 0 Å². The molecule has 0 aliphatic heterocycles. The number of benzene rings is 1. The number of anilines is 1. The third-order valence-corrected chi connectivity index (χ3v) is 2.37. The van der Waals surface area contributed by atoms with E-state index in [1.54, 1.807) is 0 Å². The summed E-state index contributed by atoms with van der Waals surface area (Å²) in [5, 5.41) is 41.7. The van der Waals surface area contributed by atoms with Crippen LogP contribution in [-0.4, -0.2) is 39.2 Å². The van der Waals surface area contributed by atoms with E-state index in [1.165, 1.54) is 0 Å². The molecule has 0 aliphatic carbocycles. The summed E-state index contributed by atoms with van der Waals surface area (Å²) >= 11 is 0. The highest BCUT2D eigenvalue weighted by molar-refractivity contribution is 5.92. The largest absolute Gasteiger partial charge is 0.478 e. The van der Waals surface area contributed by atoms with Crippen LogP contribution in [-0.2, 0) is 0 Å². The predicted octanol–water partition coefficient (Wildman–Crippen LogP) is 0.995. The molecule has 0 radical (unpaired) electrons. The maximum absolute atomic E-state index is 10.9. The summed E-state index contributed by atoms with van der Waals surface area (Å²) in [6.45, 7) is -0.119. The molecule has 0 spiro atoms. The number of carbonyl (C=O) groups is 1. The number of nitro groups is 2. The number of carboxylic acids is 1. The van der Waals surface area contributed by atoms with Crippen LogP contribution in [0.1, 0.15) is 16.8 Å². The molecule has 0 bridgehead atoms. The SMILES string of the molecule is O=C(O)c1cc([N+](=O)[O-])c(NCCCO)c([N+](=O)[O-])c1. The van der Waals surface area contributed by atoms with Crippen LogP contribution in [0, 0.1) is 20.2 Å². The van der Waals surface area contributed by atoms with Crippen LogP contribution in [0.15, 0.2) is 12.1 Å². The monoisotopic (exact) mass is 285 g/mol. The predicted molar refractivity (Wildman–Crippen MR) is 66.9 cm³/mol. The van der Waals surface area contributed by atoms with E-state index in [9.17, 15) is 25.0 Å². The summed E-state index contributed by atoms with van der Waals surface area (Å²) in [5.41, 5.74) is -2.32. The fourth-order valence-electron chi connectivity index (χ4n) is 1.50. The van der Waals surface area contributed by atoms with Gasteiger partial charge in [-0.1, -0.05) is 0 Å². The zero-order chi connectivity index (χ0) is 15.3. The van der Waals surface area contributed by atoms with Gasteiger partial charge in [-0.15, -0.1) is 0 Å². The van der Waals surface area contributed by atoms with Crippen molar-refractivity contribution in [3.63, 3.8) is 0 Å². The summed E-state index contributed by atoms with van der Waals surface area (Å²) in [6, 6.07) is 1.49. The minimum Gasteiger partial charge on any atom is -0.478 e. The van der Waals surface area contributed by atoms with Gasteiger partial charge < -0.3 is 15.5 Å². The van der Waals surface area contributed by atoms with Crippen molar-refractivity contribution in [3.8, 4) is 0 Å². The van der Waals surface area contributed by atoms with Crippen LogP contribution in [0.4, 0.5) is 17.1 Å². The molecule has 0 fully saturated rings. The van der Waals surface area contributed by atoms with Crippen molar-refractivity contribution in [3.05, 3.63) is 37.9 Å². The first-order valence-corrected chi connectivity index (χ1v) is 5.43. The number of nitro benzene ring substituents is 2. The van der Waals surface area contributed by atoms with Crippen LogP contribution in [0.3, 0.4) is 0 Å². The average Bonchev–Trinajstić information content (AvgIpc) is 2.37. The number of aromatic carboxylic acids is 1. The van der Waals surface area contributed by atoms with Crippen LogP contribution in [0.5, 0.6) is 0 Å². The minimum absolute atomic E-state index is 0.0740.